The first-order valence-corrected chi connectivity index (χ1v) is 5.63. The van der Waals surface area contributed by atoms with Crippen LogP contribution < -0.4 is 10.2 Å². The van der Waals surface area contributed by atoms with E-state index in [1.807, 2.05) is 12.1 Å². The topological polar surface area (TPSA) is 67.1 Å². The normalized spacial score (nSPS) is 14.4. The van der Waals surface area contributed by atoms with E-state index in [0.717, 1.165) is 31.7 Å². The van der Waals surface area contributed by atoms with E-state index in [0.29, 0.717) is 11.8 Å². The van der Waals surface area contributed by atoms with Crippen LogP contribution >= 0.6 is 24.8 Å². The summed E-state index contributed by atoms with van der Waals surface area (Å²) in [5.41, 5.74) is 0.897. The Morgan fingerprint density at radius 2 is 1.79 bits per heavy atom. The van der Waals surface area contributed by atoms with Gasteiger partial charge in [-0.2, -0.15) is 4.98 Å². The second-order valence-corrected chi connectivity index (χ2v) is 3.87. The highest BCUT2D eigenvalue weighted by Gasteiger charge is 2.16. The van der Waals surface area contributed by atoms with Gasteiger partial charge in [-0.1, -0.05) is 0 Å². The van der Waals surface area contributed by atoms with Crippen molar-refractivity contribution in [3.63, 3.8) is 0 Å². The SMILES string of the molecule is Cl.Cl.c1cc(-c2nc(N3CCNCC3)no2)ccn1. The summed E-state index contributed by atoms with van der Waals surface area (Å²) in [5.74, 6) is 1.21. The molecule has 0 aromatic carbocycles. The second kappa shape index (κ2) is 7.28. The molecule has 6 nitrogen and oxygen atoms in total. The minimum Gasteiger partial charge on any atom is -0.336 e. The molecular weight excluding hydrogens is 289 g/mol. The van der Waals surface area contributed by atoms with Gasteiger partial charge in [-0.25, -0.2) is 0 Å². The third-order valence-corrected chi connectivity index (χ3v) is 2.74. The van der Waals surface area contributed by atoms with Crippen LogP contribution in [0.5, 0.6) is 0 Å². The lowest BCUT2D eigenvalue weighted by Crippen LogP contribution is -2.44. The Bertz CT molecular complexity index is 487. The number of hydrogen-bond donors (Lipinski definition) is 1. The van der Waals surface area contributed by atoms with Crippen molar-refractivity contribution in [2.45, 2.75) is 0 Å². The van der Waals surface area contributed by atoms with Gasteiger partial charge < -0.3 is 14.7 Å². The van der Waals surface area contributed by atoms with Crippen LogP contribution in [0.2, 0.25) is 0 Å². The number of hydrogen-bond acceptors (Lipinski definition) is 6. The smallest absolute Gasteiger partial charge is 0.266 e. The van der Waals surface area contributed by atoms with E-state index < -0.39 is 0 Å². The van der Waals surface area contributed by atoms with E-state index >= 15 is 0 Å². The quantitative estimate of drug-likeness (QED) is 0.904. The van der Waals surface area contributed by atoms with Crippen molar-refractivity contribution < 1.29 is 4.52 Å². The molecule has 0 saturated carbocycles. The van der Waals surface area contributed by atoms with Crippen LogP contribution in [0.1, 0.15) is 0 Å². The molecule has 3 rings (SSSR count). The molecule has 0 unspecified atom stereocenters. The molecule has 0 bridgehead atoms. The summed E-state index contributed by atoms with van der Waals surface area (Å²) in [6.07, 6.45) is 3.42. The number of halogens is 2. The Morgan fingerprint density at radius 1 is 1.11 bits per heavy atom. The van der Waals surface area contributed by atoms with Gasteiger partial charge in [0.05, 0.1) is 0 Å². The molecule has 104 valence electrons. The van der Waals surface area contributed by atoms with Crippen LogP contribution in [0.3, 0.4) is 0 Å². The number of aromatic nitrogens is 3. The minimum absolute atomic E-state index is 0. The van der Waals surface area contributed by atoms with Crippen LogP contribution in [0.15, 0.2) is 29.0 Å². The Kier molecular flexibility index (Phi) is 6.01. The fourth-order valence-corrected chi connectivity index (χ4v) is 1.82. The molecule has 1 saturated heterocycles. The lowest BCUT2D eigenvalue weighted by molar-refractivity contribution is 0.427. The van der Waals surface area contributed by atoms with Gasteiger partial charge in [-0.05, 0) is 17.3 Å². The molecule has 0 amide bonds. The van der Waals surface area contributed by atoms with E-state index in [1.54, 1.807) is 12.4 Å². The molecule has 0 radical (unpaired) electrons. The molecule has 1 fully saturated rings. The zero-order valence-electron chi connectivity index (χ0n) is 10.2. The summed E-state index contributed by atoms with van der Waals surface area (Å²) < 4.78 is 5.25. The molecule has 2 aromatic heterocycles. The van der Waals surface area contributed by atoms with Crippen molar-refractivity contribution in [2.24, 2.45) is 0 Å². The lowest BCUT2D eigenvalue weighted by Gasteiger charge is -2.25. The maximum absolute atomic E-state index is 5.25. The highest BCUT2D eigenvalue weighted by Crippen LogP contribution is 2.19. The third kappa shape index (κ3) is 3.56. The molecule has 3 heterocycles. The standard InChI is InChI=1S/C11H13N5O.2ClH/c1-3-12-4-2-9(1)10-14-11(15-17-10)16-7-5-13-6-8-16;;/h1-4,13H,5-8H2;2*1H. The molecule has 0 atom stereocenters. The predicted octanol–water partition coefficient (Wildman–Crippen LogP) is 1.38. The van der Waals surface area contributed by atoms with Crippen molar-refractivity contribution in [2.75, 3.05) is 31.1 Å². The zero-order valence-corrected chi connectivity index (χ0v) is 11.8. The van der Waals surface area contributed by atoms with E-state index in [4.69, 9.17) is 4.52 Å². The van der Waals surface area contributed by atoms with Crippen LogP contribution in [0.4, 0.5) is 5.95 Å². The molecule has 19 heavy (non-hydrogen) atoms. The zero-order chi connectivity index (χ0) is 11.5. The van der Waals surface area contributed by atoms with Crippen LogP contribution in [0, 0.1) is 0 Å². The molecule has 1 aliphatic rings. The van der Waals surface area contributed by atoms with Gasteiger partial charge in [-0.3, -0.25) is 4.98 Å². The first kappa shape index (κ1) is 15.7. The predicted molar refractivity (Wildman–Crippen MR) is 77.1 cm³/mol. The van der Waals surface area contributed by atoms with Gasteiger partial charge in [0.1, 0.15) is 0 Å². The first-order chi connectivity index (χ1) is 8.43. The largest absolute Gasteiger partial charge is 0.336 e. The average Bonchev–Trinajstić information content (AvgIpc) is 2.90. The van der Waals surface area contributed by atoms with E-state index in [-0.39, 0.29) is 24.8 Å². The summed E-state index contributed by atoms with van der Waals surface area (Å²) in [6, 6.07) is 3.71. The van der Waals surface area contributed by atoms with Gasteiger partial charge >= 0.3 is 0 Å². The summed E-state index contributed by atoms with van der Waals surface area (Å²) in [6.45, 7) is 3.74. The van der Waals surface area contributed by atoms with E-state index in [9.17, 15) is 0 Å². The molecular formula is C11H15Cl2N5O. The molecule has 0 aliphatic carbocycles. The number of anilines is 1. The highest BCUT2D eigenvalue weighted by atomic mass is 35.5. The Labute approximate surface area is 123 Å². The average molecular weight is 304 g/mol. The van der Waals surface area contributed by atoms with Gasteiger partial charge in [0, 0.05) is 44.1 Å². The van der Waals surface area contributed by atoms with Crippen LogP contribution in [-0.2, 0) is 0 Å². The molecule has 0 spiro atoms. The van der Waals surface area contributed by atoms with E-state index in [1.165, 1.54) is 0 Å². The number of rotatable bonds is 2. The Hall–Kier alpha value is -1.37. The second-order valence-electron chi connectivity index (χ2n) is 3.87. The lowest BCUT2D eigenvalue weighted by atomic mass is 10.3. The van der Waals surface area contributed by atoms with Crippen molar-refractivity contribution in [3.8, 4) is 11.5 Å². The number of piperazine rings is 1. The van der Waals surface area contributed by atoms with Crippen molar-refractivity contribution in [3.05, 3.63) is 24.5 Å². The highest BCUT2D eigenvalue weighted by molar-refractivity contribution is 5.85. The summed E-state index contributed by atoms with van der Waals surface area (Å²) in [5, 5.41) is 7.29. The fourth-order valence-electron chi connectivity index (χ4n) is 1.82. The van der Waals surface area contributed by atoms with Crippen LogP contribution in [0.25, 0.3) is 11.5 Å². The van der Waals surface area contributed by atoms with Gasteiger partial charge in [0.25, 0.3) is 11.8 Å². The van der Waals surface area contributed by atoms with Crippen molar-refractivity contribution >= 4 is 30.8 Å². The first-order valence-electron chi connectivity index (χ1n) is 5.63. The number of pyridine rings is 1. The summed E-state index contributed by atoms with van der Waals surface area (Å²) >= 11 is 0. The molecule has 1 aliphatic heterocycles. The van der Waals surface area contributed by atoms with Crippen molar-refractivity contribution in [1.29, 1.82) is 0 Å². The molecule has 2 aromatic rings. The summed E-state index contributed by atoms with van der Waals surface area (Å²) in [4.78, 5) is 10.5. The monoisotopic (exact) mass is 303 g/mol. The van der Waals surface area contributed by atoms with Gasteiger partial charge in [-0.15, -0.1) is 24.8 Å². The molecule has 1 N–H and O–H groups in total. The fraction of sp³-hybridized carbons (Fsp3) is 0.364. The molecule has 8 heteroatoms. The van der Waals surface area contributed by atoms with E-state index in [2.05, 4.69) is 25.3 Å². The van der Waals surface area contributed by atoms with Gasteiger partial charge in [0.15, 0.2) is 0 Å². The third-order valence-electron chi connectivity index (χ3n) is 2.74. The number of nitrogens with one attached hydrogen (secondary N) is 1. The number of nitrogens with zero attached hydrogens (tertiary/aromatic N) is 4. The maximum atomic E-state index is 5.25. The van der Waals surface area contributed by atoms with Crippen LogP contribution in [-0.4, -0.2) is 41.3 Å². The maximum Gasteiger partial charge on any atom is 0.266 e. The minimum atomic E-state index is 0. The Morgan fingerprint density at radius 3 is 2.47 bits per heavy atom. The Balaban J connectivity index is 0.000000902. The summed E-state index contributed by atoms with van der Waals surface area (Å²) in [7, 11) is 0. The van der Waals surface area contributed by atoms with Crippen molar-refractivity contribution in [1.82, 2.24) is 20.4 Å². The van der Waals surface area contributed by atoms with Gasteiger partial charge in [0.2, 0.25) is 0 Å².